The summed E-state index contributed by atoms with van der Waals surface area (Å²) in [7, 11) is 0. The molecule has 1 aromatic heterocycles. The molecular formula is C15H20N4. The van der Waals surface area contributed by atoms with Gasteiger partial charge >= 0.3 is 0 Å². The van der Waals surface area contributed by atoms with Gasteiger partial charge in [0.1, 0.15) is 0 Å². The van der Waals surface area contributed by atoms with Gasteiger partial charge in [-0.05, 0) is 25.0 Å². The molecule has 2 heterocycles. The monoisotopic (exact) mass is 256 g/mol. The van der Waals surface area contributed by atoms with Crippen molar-refractivity contribution in [1.82, 2.24) is 14.7 Å². The van der Waals surface area contributed by atoms with E-state index in [4.69, 9.17) is 5.73 Å². The lowest BCUT2D eigenvalue weighted by Gasteiger charge is -2.13. The number of hydrogen-bond acceptors (Lipinski definition) is 3. The highest BCUT2D eigenvalue weighted by Gasteiger charge is 2.19. The fourth-order valence-corrected chi connectivity index (χ4v) is 2.66. The van der Waals surface area contributed by atoms with Gasteiger partial charge in [-0.2, -0.15) is 5.10 Å². The second-order valence-electron chi connectivity index (χ2n) is 5.36. The topological polar surface area (TPSA) is 47.1 Å². The minimum atomic E-state index is 0.339. The first-order valence-electron chi connectivity index (χ1n) is 6.80. The van der Waals surface area contributed by atoms with Crippen LogP contribution in [0.15, 0.2) is 36.7 Å². The molecule has 1 atom stereocenters. The zero-order valence-electron chi connectivity index (χ0n) is 11.3. The maximum Gasteiger partial charge on any atom is 0.0674 e. The van der Waals surface area contributed by atoms with Crippen LogP contribution < -0.4 is 5.73 Å². The van der Waals surface area contributed by atoms with Crippen LogP contribution in [0.5, 0.6) is 0 Å². The number of nitrogens with two attached hydrogens (primary N) is 1. The largest absolute Gasteiger partial charge is 0.326 e. The first-order chi connectivity index (χ1) is 9.22. The van der Waals surface area contributed by atoms with Crippen LogP contribution in [0.3, 0.4) is 0 Å². The Kier molecular flexibility index (Phi) is 3.36. The highest BCUT2D eigenvalue weighted by atomic mass is 15.3. The number of likely N-dealkylation sites (tertiary alicyclic amines) is 1. The molecule has 0 saturated carbocycles. The van der Waals surface area contributed by atoms with Gasteiger partial charge in [-0.25, -0.2) is 4.68 Å². The summed E-state index contributed by atoms with van der Waals surface area (Å²) >= 11 is 0. The first kappa shape index (κ1) is 12.4. The SMILES string of the molecule is Cc1ccccc1-n1cc(CN2CCC(N)C2)cn1. The lowest BCUT2D eigenvalue weighted by atomic mass is 10.2. The Morgan fingerprint density at radius 3 is 2.95 bits per heavy atom. The minimum Gasteiger partial charge on any atom is -0.326 e. The molecule has 0 spiro atoms. The molecule has 1 fully saturated rings. The molecule has 1 aromatic carbocycles. The van der Waals surface area contributed by atoms with Gasteiger partial charge < -0.3 is 5.73 Å². The van der Waals surface area contributed by atoms with Gasteiger partial charge in [-0.15, -0.1) is 0 Å². The zero-order chi connectivity index (χ0) is 13.2. The van der Waals surface area contributed by atoms with Crippen molar-refractivity contribution in [3.8, 4) is 5.69 Å². The van der Waals surface area contributed by atoms with E-state index >= 15 is 0 Å². The molecule has 19 heavy (non-hydrogen) atoms. The van der Waals surface area contributed by atoms with E-state index in [2.05, 4.69) is 41.3 Å². The van der Waals surface area contributed by atoms with Gasteiger partial charge in [-0.1, -0.05) is 18.2 Å². The van der Waals surface area contributed by atoms with Gasteiger partial charge in [-0.3, -0.25) is 4.90 Å². The van der Waals surface area contributed by atoms with Crippen LogP contribution in [0.4, 0.5) is 0 Å². The van der Waals surface area contributed by atoms with Gasteiger partial charge in [0.2, 0.25) is 0 Å². The van der Waals surface area contributed by atoms with E-state index in [0.717, 1.165) is 31.7 Å². The average Bonchev–Trinajstić information content (AvgIpc) is 3.00. The average molecular weight is 256 g/mol. The zero-order valence-corrected chi connectivity index (χ0v) is 11.3. The van der Waals surface area contributed by atoms with E-state index in [9.17, 15) is 0 Å². The number of rotatable bonds is 3. The molecule has 0 radical (unpaired) electrons. The molecule has 0 bridgehead atoms. The van der Waals surface area contributed by atoms with E-state index < -0.39 is 0 Å². The third-order valence-electron chi connectivity index (χ3n) is 3.71. The molecule has 0 aliphatic carbocycles. The standard InChI is InChI=1S/C15H20N4/c1-12-4-2-3-5-15(12)19-10-13(8-17-19)9-18-7-6-14(16)11-18/h2-5,8,10,14H,6-7,9,11,16H2,1H3. The van der Waals surface area contributed by atoms with Crippen molar-refractivity contribution >= 4 is 0 Å². The second kappa shape index (κ2) is 5.15. The Balaban J connectivity index is 1.75. The predicted molar refractivity (Wildman–Crippen MR) is 76.2 cm³/mol. The van der Waals surface area contributed by atoms with Crippen molar-refractivity contribution in [1.29, 1.82) is 0 Å². The Morgan fingerprint density at radius 1 is 1.37 bits per heavy atom. The molecule has 2 aromatic rings. The number of aromatic nitrogens is 2. The summed E-state index contributed by atoms with van der Waals surface area (Å²) in [6, 6.07) is 8.64. The summed E-state index contributed by atoms with van der Waals surface area (Å²) in [5, 5.41) is 4.47. The van der Waals surface area contributed by atoms with Crippen molar-refractivity contribution in [2.75, 3.05) is 13.1 Å². The van der Waals surface area contributed by atoms with Gasteiger partial charge in [0.15, 0.2) is 0 Å². The van der Waals surface area contributed by atoms with Crippen molar-refractivity contribution in [2.45, 2.75) is 25.9 Å². The smallest absolute Gasteiger partial charge is 0.0674 e. The lowest BCUT2D eigenvalue weighted by molar-refractivity contribution is 0.327. The fraction of sp³-hybridized carbons (Fsp3) is 0.400. The summed E-state index contributed by atoms with van der Waals surface area (Å²) in [4.78, 5) is 2.39. The summed E-state index contributed by atoms with van der Waals surface area (Å²) < 4.78 is 1.96. The fourth-order valence-electron chi connectivity index (χ4n) is 2.66. The Hall–Kier alpha value is -1.65. The molecule has 1 saturated heterocycles. The highest BCUT2D eigenvalue weighted by molar-refractivity contribution is 5.39. The van der Waals surface area contributed by atoms with Crippen LogP contribution in [0, 0.1) is 6.92 Å². The first-order valence-corrected chi connectivity index (χ1v) is 6.80. The van der Waals surface area contributed by atoms with E-state index in [1.165, 1.54) is 11.1 Å². The number of nitrogens with zero attached hydrogens (tertiary/aromatic N) is 3. The van der Waals surface area contributed by atoms with Crippen molar-refractivity contribution in [3.05, 3.63) is 47.8 Å². The minimum absolute atomic E-state index is 0.339. The predicted octanol–water partition coefficient (Wildman–Crippen LogP) is 1.71. The van der Waals surface area contributed by atoms with Crippen LogP contribution in [0.2, 0.25) is 0 Å². The lowest BCUT2D eigenvalue weighted by Crippen LogP contribution is -2.26. The van der Waals surface area contributed by atoms with Gasteiger partial charge in [0.25, 0.3) is 0 Å². The molecule has 0 amide bonds. The molecule has 100 valence electrons. The van der Waals surface area contributed by atoms with Crippen LogP contribution in [-0.2, 0) is 6.54 Å². The molecule has 4 heteroatoms. The van der Waals surface area contributed by atoms with E-state index in [1.54, 1.807) is 0 Å². The number of benzene rings is 1. The third kappa shape index (κ3) is 2.69. The van der Waals surface area contributed by atoms with Crippen molar-refractivity contribution in [2.24, 2.45) is 5.73 Å². The van der Waals surface area contributed by atoms with Crippen molar-refractivity contribution < 1.29 is 0 Å². The van der Waals surface area contributed by atoms with Crippen LogP contribution >= 0.6 is 0 Å². The molecule has 1 unspecified atom stereocenters. The summed E-state index contributed by atoms with van der Waals surface area (Å²) in [6.07, 6.45) is 5.17. The van der Waals surface area contributed by atoms with Crippen LogP contribution in [0.1, 0.15) is 17.5 Å². The molecule has 3 rings (SSSR count). The van der Waals surface area contributed by atoms with E-state index in [-0.39, 0.29) is 0 Å². The number of para-hydroxylation sites is 1. The summed E-state index contributed by atoms with van der Waals surface area (Å²) in [5.41, 5.74) is 9.56. The maximum absolute atomic E-state index is 5.93. The van der Waals surface area contributed by atoms with Gasteiger partial charge in [0, 0.05) is 37.4 Å². The van der Waals surface area contributed by atoms with E-state index in [1.807, 2.05) is 16.9 Å². The van der Waals surface area contributed by atoms with Crippen LogP contribution in [0.25, 0.3) is 5.69 Å². The molecule has 4 nitrogen and oxygen atoms in total. The second-order valence-corrected chi connectivity index (χ2v) is 5.36. The molecule has 1 aliphatic heterocycles. The summed E-state index contributed by atoms with van der Waals surface area (Å²) in [5.74, 6) is 0. The van der Waals surface area contributed by atoms with Crippen LogP contribution in [-0.4, -0.2) is 33.8 Å². The highest BCUT2D eigenvalue weighted by Crippen LogP contribution is 2.15. The quantitative estimate of drug-likeness (QED) is 0.909. The number of aryl methyl sites for hydroxylation is 1. The molecular weight excluding hydrogens is 236 g/mol. The Bertz CT molecular complexity index is 561. The third-order valence-corrected chi connectivity index (χ3v) is 3.71. The Labute approximate surface area is 113 Å². The number of hydrogen-bond donors (Lipinski definition) is 1. The molecule has 1 aliphatic rings. The summed E-state index contributed by atoms with van der Waals surface area (Å²) in [6.45, 7) is 5.14. The van der Waals surface area contributed by atoms with Crippen molar-refractivity contribution in [3.63, 3.8) is 0 Å². The molecule has 2 N–H and O–H groups in total. The normalized spacial score (nSPS) is 20.0. The Morgan fingerprint density at radius 2 is 2.21 bits per heavy atom. The maximum atomic E-state index is 5.93. The van der Waals surface area contributed by atoms with Gasteiger partial charge in [0.05, 0.1) is 11.9 Å². The van der Waals surface area contributed by atoms with E-state index in [0.29, 0.717) is 6.04 Å².